The van der Waals surface area contributed by atoms with Crippen LogP contribution in [0.1, 0.15) is 48.9 Å². The van der Waals surface area contributed by atoms with Gasteiger partial charge in [-0.25, -0.2) is 8.42 Å². The van der Waals surface area contributed by atoms with Crippen molar-refractivity contribution in [3.05, 3.63) is 93.0 Å². The number of hydrogen-bond donors (Lipinski definition) is 1. The first-order chi connectivity index (χ1) is 19.4. The van der Waals surface area contributed by atoms with Gasteiger partial charge in [0.1, 0.15) is 12.6 Å². The Labute approximate surface area is 253 Å². The van der Waals surface area contributed by atoms with Crippen LogP contribution in [0.4, 0.5) is 5.69 Å². The van der Waals surface area contributed by atoms with Crippen molar-refractivity contribution in [3.8, 4) is 0 Å². The maximum absolute atomic E-state index is 14.2. The molecule has 10 heteroatoms. The van der Waals surface area contributed by atoms with Crippen LogP contribution in [0.15, 0.2) is 65.6 Å². The number of hydrogen-bond acceptors (Lipinski definition) is 4. The van der Waals surface area contributed by atoms with Crippen molar-refractivity contribution in [2.75, 3.05) is 17.4 Å². The van der Waals surface area contributed by atoms with Crippen LogP contribution < -0.4 is 9.62 Å². The molecule has 0 fully saturated rings. The summed E-state index contributed by atoms with van der Waals surface area (Å²) in [5.41, 5.74) is 3.55. The van der Waals surface area contributed by atoms with E-state index in [4.69, 9.17) is 23.2 Å². The Morgan fingerprint density at radius 3 is 2.15 bits per heavy atom. The van der Waals surface area contributed by atoms with E-state index in [9.17, 15) is 18.0 Å². The number of carbonyl (C=O) groups excluding carboxylic acids is 2. The lowest BCUT2D eigenvalue weighted by Crippen LogP contribution is -2.52. The SMILES string of the molecule is CCCNC(=O)[C@@H](CC)N(Cc1ccc(Cl)cc1Cl)C(=O)CN(c1ccc(C)cc1C)S(=O)(=O)c1ccc(C)cc1. The number of rotatable bonds is 12. The van der Waals surface area contributed by atoms with Crippen molar-refractivity contribution in [2.45, 2.75) is 64.9 Å². The van der Waals surface area contributed by atoms with Crippen molar-refractivity contribution in [3.63, 3.8) is 0 Å². The summed E-state index contributed by atoms with van der Waals surface area (Å²) in [6.45, 7) is 9.29. The van der Waals surface area contributed by atoms with Gasteiger partial charge >= 0.3 is 0 Å². The van der Waals surface area contributed by atoms with E-state index in [1.165, 1.54) is 17.0 Å². The van der Waals surface area contributed by atoms with Gasteiger partial charge in [0.25, 0.3) is 10.0 Å². The summed E-state index contributed by atoms with van der Waals surface area (Å²) in [5, 5.41) is 3.66. The van der Waals surface area contributed by atoms with Gasteiger partial charge in [-0.3, -0.25) is 13.9 Å². The molecule has 3 rings (SSSR count). The Hall–Kier alpha value is -3.07. The molecule has 0 spiro atoms. The Bertz CT molecular complexity index is 1490. The third-order valence-electron chi connectivity index (χ3n) is 6.80. The molecule has 0 heterocycles. The molecule has 0 aromatic heterocycles. The molecule has 2 amide bonds. The summed E-state index contributed by atoms with van der Waals surface area (Å²) in [6, 6.07) is 16.0. The third kappa shape index (κ3) is 8.03. The topological polar surface area (TPSA) is 86.8 Å². The van der Waals surface area contributed by atoms with E-state index < -0.39 is 28.5 Å². The third-order valence-corrected chi connectivity index (χ3v) is 9.16. The fourth-order valence-electron chi connectivity index (χ4n) is 4.55. The van der Waals surface area contributed by atoms with Crippen LogP contribution in [0, 0.1) is 20.8 Å². The molecule has 3 aromatic carbocycles. The maximum atomic E-state index is 14.2. The van der Waals surface area contributed by atoms with Crippen molar-refractivity contribution in [1.82, 2.24) is 10.2 Å². The predicted octanol–water partition coefficient (Wildman–Crippen LogP) is 6.45. The second kappa shape index (κ2) is 14.2. The number of sulfonamides is 1. The number of amides is 2. The predicted molar refractivity (Wildman–Crippen MR) is 166 cm³/mol. The lowest BCUT2D eigenvalue weighted by atomic mass is 10.1. The summed E-state index contributed by atoms with van der Waals surface area (Å²) >= 11 is 12.6. The van der Waals surface area contributed by atoms with Crippen molar-refractivity contribution < 1.29 is 18.0 Å². The average Bonchev–Trinajstić information content (AvgIpc) is 2.92. The van der Waals surface area contributed by atoms with E-state index in [1.54, 1.807) is 36.4 Å². The largest absolute Gasteiger partial charge is 0.354 e. The number of aryl methyl sites for hydroxylation is 3. The molecule has 3 aromatic rings. The van der Waals surface area contributed by atoms with Gasteiger partial charge in [0.2, 0.25) is 11.8 Å². The van der Waals surface area contributed by atoms with Gasteiger partial charge in [-0.15, -0.1) is 0 Å². The first-order valence-electron chi connectivity index (χ1n) is 13.6. The van der Waals surface area contributed by atoms with Gasteiger partial charge in [-0.1, -0.05) is 78.5 Å². The number of halogens is 2. The first-order valence-corrected chi connectivity index (χ1v) is 15.8. The van der Waals surface area contributed by atoms with Crippen LogP contribution in [0.5, 0.6) is 0 Å². The van der Waals surface area contributed by atoms with Gasteiger partial charge in [-0.05, 0) is 75.1 Å². The molecular formula is C31H37Cl2N3O4S. The number of anilines is 1. The van der Waals surface area contributed by atoms with Gasteiger partial charge < -0.3 is 10.2 Å². The molecule has 7 nitrogen and oxygen atoms in total. The Morgan fingerprint density at radius 2 is 1.56 bits per heavy atom. The highest BCUT2D eigenvalue weighted by Crippen LogP contribution is 2.29. The van der Waals surface area contributed by atoms with Crippen LogP contribution >= 0.6 is 23.2 Å². The zero-order chi connectivity index (χ0) is 30.3. The number of nitrogens with one attached hydrogen (secondary N) is 1. The zero-order valence-corrected chi connectivity index (χ0v) is 26.4. The highest BCUT2D eigenvalue weighted by molar-refractivity contribution is 7.92. The van der Waals surface area contributed by atoms with E-state index in [0.717, 1.165) is 21.9 Å². The minimum atomic E-state index is -4.15. The zero-order valence-electron chi connectivity index (χ0n) is 24.1. The molecule has 0 bridgehead atoms. The Kier molecular flexibility index (Phi) is 11.2. The van der Waals surface area contributed by atoms with E-state index >= 15 is 0 Å². The lowest BCUT2D eigenvalue weighted by molar-refractivity contribution is -0.140. The highest BCUT2D eigenvalue weighted by Gasteiger charge is 2.34. The fourth-order valence-corrected chi connectivity index (χ4v) is 6.50. The lowest BCUT2D eigenvalue weighted by Gasteiger charge is -2.33. The fraction of sp³-hybridized carbons (Fsp3) is 0.355. The van der Waals surface area contributed by atoms with E-state index in [2.05, 4.69) is 5.32 Å². The molecule has 41 heavy (non-hydrogen) atoms. The first kappa shape index (κ1) is 32.4. The van der Waals surface area contributed by atoms with Crippen LogP contribution in [0.25, 0.3) is 0 Å². The molecule has 0 saturated heterocycles. The molecule has 0 saturated carbocycles. The minimum absolute atomic E-state index is 0.00180. The molecule has 220 valence electrons. The van der Waals surface area contributed by atoms with Crippen LogP contribution in [0.2, 0.25) is 10.0 Å². The van der Waals surface area contributed by atoms with Gasteiger partial charge in [-0.2, -0.15) is 0 Å². The maximum Gasteiger partial charge on any atom is 0.264 e. The summed E-state index contributed by atoms with van der Waals surface area (Å²) in [7, 11) is -4.15. The van der Waals surface area contributed by atoms with Gasteiger partial charge in [0.15, 0.2) is 0 Å². The van der Waals surface area contributed by atoms with Crippen molar-refractivity contribution >= 4 is 50.7 Å². The van der Waals surface area contributed by atoms with Gasteiger partial charge in [0.05, 0.1) is 10.6 Å². The Morgan fingerprint density at radius 1 is 0.902 bits per heavy atom. The molecule has 0 aliphatic rings. The number of nitrogens with zero attached hydrogens (tertiary/aromatic N) is 2. The molecule has 1 N–H and O–H groups in total. The normalized spacial score (nSPS) is 12.1. The molecular weight excluding hydrogens is 581 g/mol. The van der Waals surface area contributed by atoms with Crippen molar-refractivity contribution in [2.24, 2.45) is 0 Å². The van der Waals surface area contributed by atoms with E-state index in [1.807, 2.05) is 46.8 Å². The Balaban J connectivity index is 2.11. The second-order valence-electron chi connectivity index (χ2n) is 10.1. The van der Waals surface area contributed by atoms with Crippen LogP contribution in [-0.4, -0.2) is 44.3 Å². The highest BCUT2D eigenvalue weighted by atomic mass is 35.5. The monoisotopic (exact) mass is 617 g/mol. The molecule has 1 atom stereocenters. The second-order valence-corrected chi connectivity index (χ2v) is 12.8. The van der Waals surface area contributed by atoms with E-state index in [0.29, 0.717) is 39.8 Å². The molecule has 0 aliphatic carbocycles. The quantitative estimate of drug-likeness (QED) is 0.253. The minimum Gasteiger partial charge on any atom is -0.354 e. The van der Waals surface area contributed by atoms with E-state index in [-0.39, 0.29) is 17.3 Å². The van der Waals surface area contributed by atoms with Crippen molar-refractivity contribution in [1.29, 1.82) is 0 Å². The molecule has 0 aliphatic heterocycles. The standard InChI is InChI=1S/C31H37Cl2N3O4S/c1-6-16-34-31(38)28(7-2)35(19-24-11-12-25(32)18-27(24)33)30(37)20-36(29-15-10-22(4)17-23(29)5)41(39,40)26-13-8-21(3)9-14-26/h8-15,17-18,28H,6-7,16,19-20H2,1-5H3,(H,34,38)/t28-/m1/s1. The smallest absolute Gasteiger partial charge is 0.264 e. The molecule has 0 unspecified atom stereocenters. The van der Waals surface area contributed by atoms with Gasteiger partial charge in [0, 0.05) is 23.1 Å². The molecule has 0 radical (unpaired) electrons. The van der Waals surface area contributed by atoms with Crippen LogP contribution in [0.3, 0.4) is 0 Å². The van der Waals surface area contributed by atoms with Crippen LogP contribution in [-0.2, 0) is 26.2 Å². The number of benzene rings is 3. The summed E-state index contributed by atoms with van der Waals surface area (Å²) < 4.78 is 29.2. The number of carbonyl (C=O) groups is 2. The summed E-state index contributed by atoms with van der Waals surface area (Å²) in [6.07, 6.45) is 1.05. The summed E-state index contributed by atoms with van der Waals surface area (Å²) in [4.78, 5) is 28.9. The average molecular weight is 619 g/mol. The summed E-state index contributed by atoms with van der Waals surface area (Å²) in [5.74, 6) is -0.850.